The van der Waals surface area contributed by atoms with E-state index in [1.54, 1.807) is 0 Å². The fraction of sp³-hybridized carbons (Fsp3) is 0.813. The Bertz CT molecular complexity index is 2620. The second kappa shape index (κ2) is 42.6. The van der Waals surface area contributed by atoms with Crippen LogP contribution in [0.4, 0.5) is 39.5 Å². The van der Waals surface area contributed by atoms with E-state index in [-0.39, 0.29) is 115 Å². The van der Waals surface area contributed by atoms with Crippen LogP contribution in [0.3, 0.4) is 0 Å². The average Bonchev–Trinajstić information content (AvgIpc) is 1.67. The molecule has 0 amide bonds. The molecule has 0 N–H and O–H groups in total. The van der Waals surface area contributed by atoms with Crippen molar-refractivity contribution in [2.45, 2.75) is 249 Å². The van der Waals surface area contributed by atoms with Gasteiger partial charge in [0, 0.05) is 115 Å². The monoisotopic (exact) mass is 1630 g/mol. The minimum Gasteiger partial charge on any atom is -0.494 e. The molecule has 6 aliphatic rings. The SMILES string of the molecule is CC(CCCSSCCCC[CH-]COOC[CH-]CCCCSSCCCN(C)CCOc1ccc2c(c1)CCC1C2CCC2(C)C(OCCCOC(C)(C(F)(F)F)C(F)(F)F)CCC12)CCOc1ccc2c(c1)CCC1C2CCC2(C)C(OCCCOC(C)(C)C(F)(F)F)CCC12.[Y].[Y]. The molecule has 0 heterocycles. The van der Waals surface area contributed by atoms with E-state index in [1.165, 1.54) is 72.3 Å². The Morgan fingerprint density at radius 2 is 0.980 bits per heavy atom. The number of alkyl halides is 9. The topological polar surface area (TPSA) is 77.1 Å². The van der Waals surface area contributed by atoms with Gasteiger partial charge in [-0.25, -0.2) is 0 Å². The molecule has 2 aromatic rings. The molecule has 24 heteroatoms. The number of aryl methyl sites for hydroxylation is 2. The minimum absolute atomic E-state index is 0. The number of fused-ring (bicyclic) bond motifs is 10. The van der Waals surface area contributed by atoms with Crippen LogP contribution in [0.5, 0.6) is 11.5 Å². The number of hydrogen-bond donors (Lipinski definition) is 0. The van der Waals surface area contributed by atoms with Crippen molar-refractivity contribution in [1.82, 2.24) is 4.90 Å². The van der Waals surface area contributed by atoms with Crippen molar-refractivity contribution in [2.24, 2.45) is 40.4 Å². The summed E-state index contributed by atoms with van der Waals surface area (Å²) < 4.78 is 154. The molecule has 11 unspecified atom stereocenters. The van der Waals surface area contributed by atoms with Crippen molar-refractivity contribution in [1.29, 1.82) is 0 Å². The Morgan fingerprint density at radius 1 is 0.515 bits per heavy atom. The van der Waals surface area contributed by atoms with Crippen molar-refractivity contribution in [2.75, 3.05) is 96.0 Å². The number of halogens is 9. The molecule has 4 saturated carbocycles. The van der Waals surface area contributed by atoms with Gasteiger partial charge < -0.3 is 46.2 Å². The Morgan fingerprint density at radius 3 is 1.46 bits per heavy atom. The first-order valence-electron chi connectivity index (χ1n) is 36.5. The van der Waals surface area contributed by atoms with E-state index >= 15 is 0 Å². The van der Waals surface area contributed by atoms with Crippen LogP contribution in [0.25, 0.3) is 0 Å². The Labute approximate surface area is 654 Å². The molecular formula is C75H114F9NO8S4Y2-2. The Kier molecular flexibility index (Phi) is 38.2. The van der Waals surface area contributed by atoms with Crippen LogP contribution in [-0.4, -0.2) is 143 Å². The molecule has 2 aromatic carbocycles. The van der Waals surface area contributed by atoms with Crippen LogP contribution in [0.1, 0.15) is 217 Å². The third kappa shape index (κ3) is 25.4. The number of nitrogens with zero attached hydrogens (tertiary/aromatic N) is 1. The standard InChI is InChI=1S/C75H114F9NO8S4.2Y/c1-54(35-46-86-57-23-27-59-55(52-57)21-25-63-61(59)33-36-70(4)65(63)29-31-67(70)88-40-18-42-90-69(2,3)73(76,77)78)20-16-50-96-94-48-14-10-8-12-44-92-93-45-13-9-11-15-49-95-97-51-17-38-85(7)39-47-87-58-24-28-60-56(53-58)22-26-64-62(60)34-37-71(5)66(64)30-32-68(71)89-41-19-43-91-72(6,74(79,80)81)75(82,83)84;;/h12-13,23-24,27-28,52-54,61-68H,8-11,14-22,25-26,29-51H2,1-7H3;;/q-2;;. The number of rotatable bonds is 45. The molecule has 6 aliphatic carbocycles. The summed E-state index contributed by atoms with van der Waals surface area (Å²) in [5.41, 5.74) is -0.558. The number of benzene rings is 2. The summed E-state index contributed by atoms with van der Waals surface area (Å²) >= 11 is 0. The van der Waals surface area contributed by atoms with E-state index in [9.17, 15) is 39.5 Å². The minimum atomic E-state index is -5.57. The van der Waals surface area contributed by atoms with Crippen LogP contribution < -0.4 is 9.47 Å². The molecule has 11 atom stereocenters. The molecular weight excluding hydrogens is 1520 g/mol. The number of likely N-dealkylation sites (N-methyl/N-ethyl adjacent to an activating group) is 1. The van der Waals surface area contributed by atoms with Crippen molar-refractivity contribution in [3.05, 3.63) is 71.5 Å². The van der Waals surface area contributed by atoms with Crippen LogP contribution >= 0.6 is 43.2 Å². The fourth-order valence-electron chi connectivity index (χ4n) is 16.7. The molecule has 0 saturated heterocycles. The molecule has 0 bridgehead atoms. The van der Waals surface area contributed by atoms with E-state index < -0.39 is 36.3 Å². The van der Waals surface area contributed by atoms with Gasteiger partial charge in [-0.2, -0.15) is 52.4 Å². The predicted octanol–water partition coefficient (Wildman–Crippen LogP) is 21.2. The van der Waals surface area contributed by atoms with Gasteiger partial charge in [-0.3, -0.25) is 9.78 Å². The van der Waals surface area contributed by atoms with E-state index in [0.29, 0.717) is 74.3 Å². The van der Waals surface area contributed by atoms with Gasteiger partial charge in [0.25, 0.3) is 5.60 Å². The molecule has 2 radical (unpaired) electrons. The quantitative estimate of drug-likeness (QED) is 0.0158. The van der Waals surface area contributed by atoms with Crippen LogP contribution in [0.2, 0.25) is 0 Å². The van der Waals surface area contributed by atoms with Gasteiger partial charge in [-0.1, -0.05) is 88.9 Å². The van der Waals surface area contributed by atoms with Crippen LogP contribution in [-0.2, 0) is 107 Å². The van der Waals surface area contributed by atoms with Gasteiger partial charge in [0.05, 0.1) is 25.4 Å². The molecule has 9 nitrogen and oxygen atoms in total. The van der Waals surface area contributed by atoms with E-state index in [0.717, 1.165) is 159 Å². The summed E-state index contributed by atoms with van der Waals surface area (Å²) in [5, 5.41) is 0. The number of hydrogen-bond acceptors (Lipinski definition) is 13. The number of unbranched alkanes of at least 4 members (excludes halogenated alkanes) is 6. The van der Waals surface area contributed by atoms with Gasteiger partial charge in [0.2, 0.25) is 0 Å². The zero-order valence-electron chi connectivity index (χ0n) is 60.1. The maximum atomic E-state index is 13.2. The fourth-order valence-corrected chi connectivity index (χ4v) is 21.1. The summed E-state index contributed by atoms with van der Waals surface area (Å²) in [7, 11) is 10.1. The maximum Gasteiger partial charge on any atom is 0.426 e. The second-order valence-corrected chi connectivity index (χ2v) is 35.2. The summed E-state index contributed by atoms with van der Waals surface area (Å²) in [6, 6.07) is 13.5. The summed E-state index contributed by atoms with van der Waals surface area (Å²) in [6.45, 7) is 13.4. The Balaban J connectivity index is 0.00000773. The van der Waals surface area contributed by atoms with E-state index in [2.05, 4.69) is 86.7 Å². The van der Waals surface area contributed by atoms with E-state index in [1.807, 2.05) is 43.2 Å². The Hall–Kier alpha value is 0.738. The van der Waals surface area contributed by atoms with E-state index in [4.69, 9.17) is 33.5 Å². The van der Waals surface area contributed by atoms with Gasteiger partial charge >= 0.3 is 18.5 Å². The smallest absolute Gasteiger partial charge is 0.426 e. The number of ether oxygens (including phenoxy) is 6. The predicted molar refractivity (Wildman–Crippen MR) is 378 cm³/mol. The summed E-state index contributed by atoms with van der Waals surface area (Å²) in [5.74, 6) is 10.4. The largest absolute Gasteiger partial charge is 0.494 e. The van der Waals surface area contributed by atoms with Crippen LogP contribution in [0, 0.1) is 53.3 Å². The normalized spacial score (nSPS) is 25.6. The second-order valence-electron chi connectivity index (χ2n) is 29.8. The van der Waals surface area contributed by atoms with Crippen molar-refractivity contribution < 1.29 is 143 Å². The van der Waals surface area contributed by atoms with Crippen molar-refractivity contribution >= 4 is 43.2 Å². The van der Waals surface area contributed by atoms with Gasteiger partial charge in [0.1, 0.15) is 18.1 Å². The molecule has 8 rings (SSSR count). The van der Waals surface area contributed by atoms with Crippen molar-refractivity contribution in [3.63, 3.8) is 0 Å². The average molecular weight is 1630 g/mol. The van der Waals surface area contributed by atoms with Gasteiger partial charge in [-0.15, -0.1) is 0 Å². The molecule has 562 valence electrons. The van der Waals surface area contributed by atoms with Gasteiger partial charge in [-0.05, 0) is 275 Å². The first-order chi connectivity index (χ1) is 46.3. The first-order valence-corrected chi connectivity index (χ1v) is 41.5. The van der Waals surface area contributed by atoms with Gasteiger partial charge in [0.15, 0.2) is 5.60 Å². The van der Waals surface area contributed by atoms with Crippen LogP contribution in [0.15, 0.2) is 36.4 Å². The maximum absolute atomic E-state index is 13.2. The molecule has 0 spiro atoms. The van der Waals surface area contributed by atoms with Crippen molar-refractivity contribution in [3.8, 4) is 11.5 Å². The zero-order valence-corrected chi connectivity index (χ0v) is 69.0. The third-order valence-electron chi connectivity index (χ3n) is 22.8. The zero-order chi connectivity index (χ0) is 69.7. The molecule has 0 aromatic heterocycles. The first kappa shape index (κ1) is 88.6. The third-order valence-corrected chi connectivity index (χ3v) is 27.9. The summed E-state index contributed by atoms with van der Waals surface area (Å²) in [6.07, 6.45) is 13.4. The molecule has 99 heavy (non-hydrogen) atoms. The summed E-state index contributed by atoms with van der Waals surface area (Å²) in [4.78, 5) is 13.1. The molecule has 4 fully saturated rings. The molecule has 0 aliphatic heterocycles.